The zero-order valence-corrected chi connectivity index (χ0v) is 10.7. The molecular formula is C13H15ClO4. The van der Waals surface area contributed by atoms with E-state index in [0.29, 0.717) is 24.5 Å². The molecule has 2 atom stereocenters. The van der Waals surface area contributed by atoms with Gasteiger partial charge in [-0.25, -0.2) is 0 Å². The molecule has 0 amide bonds. The Bertz CT molecular complexity index is 413. The molecular weight excluding hydrogens is 256 g/mol. The van der Waals surface area contributed by atoms with Crippen molar-refractivity contribution in [2.75, 3.05) is 6.61 Å². The van der Waals surface area contributed by atoms with Gasteiger partial charge in [-0.3, -0.25) is 14.4 Å². The van der Waals surface area contributed by atoms with E-state index in [1.54, 1.807) is 0 Å². The standard InChI is InChI=1S/C13H15ClO4/c14-10(15)6-18-12(17)13-3-7-1-8(4-13)11(16)9(2-7)5-13/h7-9H,1-6H2. The van der Waals surface area contributed by atoms with Crippen LogP contribution in [0.4, 0.5) is 0 Å². The lowest BCUT2D eigenvalue weighted by molar-refractivity contribution is -0.175. The van der Waals surface area contributed by atoms with Gasteiger partial charge in [-0.2, -0.15) is 0 Å². The second-order valence-corrected chi connectivity index (χ2v) is 6.38. The fourth-order valence-electron chi connectivity index (χ4n) is 4.27. The molecule has 0 spiro atoms. The maximum atomic E-state index is 12.2. The summed E-state index contributed by atoms with van der Waals surface area (Å²) in [5, 5.41) is -0.663. The topological polar surface area (TPSA) is 60.4 Å². The smallest absolute Gasteiger partial charge is 0.312 e. The Labute approximate surface area is 110 Å². The molecule has 4 aliphatic rings. The van der Waals surface area contributed by atoms with Gasteiger partial charge in [0.1, 0.15) is 5.78 Å². The number of Topliss-reactive ketones (excluding diaryl/α,β-unsaturated/α-hetero) is 1. The third kappa shape index (κ3) is 1.78. The number of rotatable bonds is 3. The molecule has 0 N–H and O–H groups in total. The fraction of sp³-hybridized carbons (Fsp3) is 0.769. The van der Waals surface area contributed by atoms with Gasteiger partial charge < -0.3 is 4.74 Å². The van der Waals surface area contributed by atoms with Crippen molar-refractivity contribution >= 4 is 28.6 Å². The normalized spacial score (nSPS) is 40.9. The van der Waals surface area contributed by atoms with Crippen LogP contribution in [0.1, 0.15) is 32.1 Å². The molecule has 18 heavy (non-hydrogen) atoms. The number of carbonyl (C=O) groups excluding carboxylic acids is 3. The number of halogens is 1. The van der Waals surface area contributed by atoms with E-state index >= 15 is 0 Å². The summed E-state index contributed by atoms with van der Waals surface area (Å²) in [4.78, 5) is 34.8. The molecule has 0 saturated heterocycles. The molecule has 0 radical (unpaired) electrons. The zero-order chi connectivity index (χ0) is 12.9. The van der Waals surface area contributed by atoms with Crippen LogP contribution in [0, 0.1) is 23.2 Å². The van der Waals surface area contributed by atoms with Gasteiger partial charge in [-0.1, -0.05) is 0 Å². The molecule has 4 aliphatic carbocycles. The van der Waals surface area contributed by atoms with Gasteiger partial charge in [0.2, 0.25) is 0 Å². The summed E-state index contributed by atoms with van der Waals surface area (Å²) in [5.74, 6) is 0.552. The van der Waals surface area contributed by atoms with Crippen molar-refractivity contribution in [3.8, 4) is 0 Å². The van der Waals surface area contributed by atoms with Crippen molar-refractivity contribution in [1.82, 2.24) is 0 Å². The van der Waals surface area contributed by atoms with Crippen LogP contribution < -0.4 is 0 Å². The van der Waals surface area contributed by atoms with Gasteiger partial charge in [0, 0.05) is 11.8 Å². The summed E-state index contributed by atoms with van der Waals surface area (Å²) in [6.45, 7) is -0.365. The number of carbonyl (C=O) groups is 3. The minimum Gasteiger partial charge on any atom is -0.456 e. The van der Waals surface area contributed by atoms with E-state index in [9.17, 15) is 14.4 Å². The molecule has 4 fully saturated rings. The average Bonchev–Trinajstić information content (AvgIpc) is 2.31. The molecule has 4 bridgehead atoms. The van der Waals surface area contributed by atoms with Crippen molar-refractivity contribution in [3.05, 3.63) is 0 Å². The van der Waals surface area contributed by atoms with E-state index in [-0.39, 0.29) is 24.4 Å². The molecule has 4 rings (SSSR count). The second kappa shape index (κ2) is 4.05. The van der Waals surface area contributed by atoms with Crippen LogP contribution in [0.15, 0.2) is 0 Å². The van der Waals surface area contributed by atoms with Crippen LogP contribution in [-0.4, -0.2) is 23.6 Å². The Morgan fingerprint density at radius 3 is 2.39 bits per heavy atom. The van der Waals surface area contributed by atoms with Crippen molar-refractivity contribution in [2.45, 2.75) is 32.1 Å². The van der Waals surface area contributed by atoms with Crippen LogP contribution in [-0.2, 0) is 19.1 Å². The van der Waals surface area contributed by atoms with Crippen molar-refractivity contribution < 1.29 is 19.1 Å². The van der Waals surface area contributed by atoms with Crippen molar-refractivity contribution in [1.29, 1.82) is 0 Å². The number of hydrogen-bond donors (Lipinski definition) is 0. The highest BCUT2D eigenvalue weighted by Crippen LogP contribution is 2.58. The Morgan fingerprint density at radius 2 is 1.83 bits per heavy atom. The number of esters is 1. The molecule has 0 aliphatic heterocycles. The highest BCUT2D eigenvalue weighted by Gasteiger charge is 2.59. The first-order chi connectivity index (χ1) is 8.50. The van der Waals surface area contributed by atoms with Crippen LogP contribution in [0.2, 0.25) is 0 Å². The van der Waals surface area contributed by atoms with E-state index in [1.165, 1.54) is 0 Å². The van der Waals surface area contributed by atoms with E-state index in [4.69, 9.17) is 16.3 Å². The van der Waals surface area contributed by atoms with E-state index in [2.05, 4.69) is 0 Å². The Morgan fingerprint density at radius 1 is 1.22 bits per heavy atom. The molecule has 4 nitrogen and oxygen atoms in total. The largest absolute Gasteiger partial charge is 0.456 e. The van der Waals surface area contributed by atoms with Crippen molar-refractivity contribution in [2.24, 2.45) is 23.2 Å². The summed E-state index contributed by atoms with van der Waals surface area (Å²) >= 11 is 5.18. The lowest BCUT2D eigenvalue weighted by atomic mass is 9.49. The highest BCUT2D eigenvalue weighted by molar-refractivity contribution is 6.64. The minimum atomic E-state index is -0.663. The lowest BCUT2D eigenvalue weighted by Gasteiger charge is -2.53. The van der Waals surface area contributed by atoms with Gasteiger partial charge in [-0.05, 0) is 49.6 Å². The lowest BCUT2D eigenvalue weighted by Crippen LogP contribution is -2.55. The highest BCUT2D eigenvalue weighted by atomic mass is 35.5. The van der Waals surface area contributed by atoms with Gasteiger partial charge in [0.15, 0.2) is 6.61 Å². The molecule has 5 heteroatoms. The van der Waals surface area contributed by atoms with E-state index in [1.807, 2.05) is 0 Å². The van der Waals surface area contributed by atoms with Gasteiger partial charge in [-0.15, -0.1) is 0 Å². The molecule has 2 unspecified atom stereocenters. The first kappa shape index (κ1) is 12.2. The molecule has 4 saturated carbocycles. The third-order valence-electron chi connectivity index (χ3n) is 4.74. The van der Waals surface area contributed by atoms with Crippen LogP contribution in [0.3, 0.4) is 0 Å². The summed E-state index contributed by atoms with van der Waals surface area (Å²) in [7, 11) is 0. The Kier molecular flexibility index (Phi) is 2.73. The summed E-state index contributed by atoms with van der Waals surface area (Å²) in [6, 6.07) is 0. The molecule has 0 aromatic heterocycles. The monoisotopic (exact) mass is 270 g/mol. The fourth-order valence-corrected chi connectivity index (χ4v) is 4.33. The SMILES string of the molecule is O=C(Cl)COC(=O)C12CC3CC(C1)C(=O)C(C3)C2. The molecule has 0 heterocycles. The van der Waals surface area contributed by atoms with E-state index < -0.39 is 10.7 Å². The van der Waals surface area contributed by atoms with Gasteiger partial charge in [0.25, 0.3) is 5.24 Å². The zero-order valence-electron chi connectivity index (χ0n) is 9.99. The maximum Gasteiger partial charge on any atom is 0.312 e. The number of ether oxygens (including phenoxy) is 1. The summed E-state index contributed by atoms with van der Waals surface area (Å²) < 4.78 is 4.99. The minimum absolute atomic E-state index is 0.0375. The predicted molar refractivity (Wildman–Crippen MR) is 62.8 cm³/mol. The first-order valence-electron chi connectivity index (χ1n) is 6.39. The average molecular weight is 271 g/mol. The maximum absolute atomic E-state index is 12.2. The van der Waals surface area contributed by atoms with Crippen LogP contribution in [0.25, 0.3) is 0 Å². The van der Waals surface area contributed by atoms with Crippen LogP contribution in [0.5, 0.6) is 0 Å². The van der Waals surface area contributed by atoms with Crippen LogP contribution >= 0.6 is 11.6 Å². The third-order valence-corrected chi connectivity index (χ3v) is 4.85. The molecule has 0 aromatic carbocycles. The molecule has 0 aromatic rings. The van der Waals surface area contributed by atoms with Gasteiger partial charge >= 0.3 is 5.97 Å². The predicted octanol–water partition coefficient (Wildman–Crippen LogP) is 1.69. The quantitative estimate of drug-likeness (QED) is 0.578. The van der Waals surface area contributed by atoms with Gasteiger partial charge in [0.05, 0.1) is 5.41 Å². The Hall–Kier alpha value is -0.900. The molecule has 98 valence electrons. The summed E-state index contributed by atoms with van der Waals surface area (Å²) in [5.41, 5.74) is -0.517. The Balaban J connectivity index is 1.77. The van der Waals surface area contributed by atoms with E-state index in [0.717, 1.165) is 19.3 Å². The number of hydrogen-bond acceptors (Lipinski definition) is 4. The first-order valence-corrected chi connectivity index (χ1v) is 6.77. The number of ketones is 1. The summed E-state index contributed by atoms with van der Waals surface area (Å²) in [6.07, 6.45) is 3.88. The second-order valence-electron chi connectivity index (χ2n) is 5.96. The van der Waals surface area contributed by atoms with Crippen molar-refractivity contribution in [3.63, 3.8) is 0 Å².